The minimum absolute atomic E-state index is 0.121. The molecule has 0 bridgehead atoms. The van der Waals surface area contributed by atoms with Crippen molar-refractivity contribution in [1.82, 2.24) is 5.32 Å². The number of halogens is 2. The second-order valence-corrected chi connectivity index (χ2v) is 4.04. The molecule has 3 nitrogen and oxygen atoms in total. The molecule has 1 atom stereocenters. The Morgan fingerprint density at radius 2 is 2.33 bits per heavy atom. The molecule has 1 aromatic rings. The molecule has 1 unspecified atom stereocenters. The van der Waals surface area contributed by atoms with E-state index >= 15 is 0 Å². The third kappa shape index (κ3) is 2.92. The van der Waals surface area contributed by atoms with E-state index in [0.29, 0.717) is 30.8 Å². The average Bonchev–Trinajstić information content (AvgIpc) is 2.78. The van der Waals surface area contributed by atoms with Gasteiger partial charge in [0.25, 0.3) is 0 Å². The number of nitrogens with one attached hydrogen (secondary N) is 1. The van der Waals surface area contributed by atoms with Crippen LogP contribution in [0, 0.1) is 11.6 Å². The Labute approximate surface area is 104 Å². The maximum atomic E-state index is 13.5. The van der Waals surface area contributed by atoms with Gasteiger partial charge in [-0.05, 0) is 12.1 Å². The first-order valence-electron chi connectivity index (χ1n) is 5.70. The lowest BCUT2D eigenvalue weighted by molar-refractivity contribution is 0.0859. The summed E-state index contributed by atoms with van der Waals surface area (Å²) in [7, 11) is 0. The molecule has 1 aliphatic rings. The third-order valence-corrected chi connectivity index (χ3v) is 2.64. The highest BCUT2D eigenvalue weighted by molar-refractivity contribution is 6.01. The lowest BCUT2D eigenvalue weighted by atomic mass is 10.0. The SMILES string of the molecule is C=CCNCC1CC(c2ccc(F)cc2F)=NO1. The van der Waals surface area contributed by atoms with E-state index in [-0.39, 0.29) is 6.10 Å². The molecule has 0 aromatic heterocycles. The summed E-state index contributed by atoms with van der Waals surface area (Å²) < 4.78 is 26.3. The van der Waals surface area contributed by atoms with Gasteiger partial charge in [0.1, 0.15) is 17.7 Å². The van der Waals surface area contributed by atoms with Gasteiger partial charge in [-0.2, -0.15) is 0 Å². The third-order valence-electron chi connectivity index (χ3n) is 2.64. The number of nitrogens with zero attached hydrogens (tertiary/aromatic N) is 1. The van der Waals surface area contributed by atoms with Gasteiger partial charge in [-0.1, -0.05) is 11.2 Å². The van der Waals surface area contributed by atoms with Crippen molar-refractivity contribution >= 4 is 5.71 Å². The summed E-state index contributed by atoms with van der Waals surface area (Å²) >= 11 is 0. The van der Waals surface area contributed by atoms with Crippen molar-refractivity contribution in [2.75, 3.05) is 13.1 Å². The van der Waals surface area contributed by atoms with Gasteiger partial charge in [-0.15, -0.1) is 6.58 Å². The minimum atomic E-state index is -0.614. The molecular weight excluding hydrogens is 238 g/mol. The van der Waals surface area contributed by atoms with Crippen molar-refractivity contribution in [3.05, 3.63) is 48.1 Å². The zero-order valence-electron chi connectivity index (χ0n) is 9.83. The Morgan fingerprint density at radius 1 is 1.50 bits per heavy atom. The van der Waals surface area contributed by atoms with Crippen molar-refractivity contribution in [2.24, 2.45) is 5.16 Å². The van der Waals surface area contributed by atoms with E-state index in [1.54, 1.807) is 6.08 Å². The van der Waals surface area contributed by atoms with Gasteiger partial charge >= 0.3 is 0 Å². The maximum absolute atomic E-state index is 13.5. The molecule has 0 aliphatic carbocycles. The molecule has 1 aromatic carbocycles. The topological polar surface area (TPSA) is 33.6 Å². The molecule has 0 fully saturated rings. The van der Waals surface area contributed by atoms with Crippen LogP contribution in [0.5, 0.6) is 0 Å². The predicted molar refractivity (Wildman–Crippen MR) is 65.5 cm³/mol. The zero-order valence-corrected chi connectivity index (χ0v) is 9.83. The highest BCUT2D eigenvalue weighted by Crippen LogP contribution is 2.19. The van der Waals surface area contributed by atoms with Crippen molar-refractivity contribution in [3.63, 3.8) is 0 Å². The quantitative estimate of drug-likeness (QED) is 0.644. The van der Waals surface area contributed by atoms with Crippen LogP contribution in [0.1, 0.15) is 12.0 Å². The Hall–Kier alpha value is -1.75. The lowest BCUT2D eigenvalue weighted by Crippen LogP contribution is -2.27. The molecule has 18 heavy (non-hydrogen) atoms. The van der Waals surface area contributed by atoms with Gasteiger partial charge in [-0.3, -0.25) is 0 Å². The Kier molecular flexibility index (Phi) is 4.04. The molecule has 0 spiro atoms. The molecule has 0 saturated heterocycles. The fraction of sp³-hybridized carbons (Fsp3) is 0.308. The normalized spacial score (nSPS) is 18.3. The minimum Gasteiger partial charge on any atom is -0.390 e. The van der Waals surface area contributed by atoms with Crippen molar-refractivity contribution in [1.29, 1.82) is 0 Å². The molecule has 0 saturated carbocycles. The van der Waals surface area contributed by atoms with Crippen LogP contribution in [0.2, 0.25) is 0 Å². The molecule has 1 heterocycles. The molecule has 0 amide bonds. The van der Waals surface area contributed by atoms with Crippen LogP contribution in [0.15, 0.2) is 36.0 Å². The standard InChI is InChI=1S/C13H14F2N2O/c1-2-5-16-8-10-7-13(17-18-10)11-4-3-9(14)6-12(11)15/h2-4,6,10,16H,1,5,7-8H2. The van der Waals surface area contributed by atoms with Crippen LogP contribution in [0.3, 0.4) is 0 Å². The Balaban J connectivity index is 1.97. The summed E-state index contributed by atoms with van der Waals surface area (Å²) in [4.78, 5) is 5.18. The average molecular weight is 252 g/mol. The van der Waals surface area contributed by atoms with E-state index in [4.69, 9.17) is 4.84 Å². The van der Waals surface area contributed by atoms with Gasteiger partial charge < -0.3 is 10.2 Å². The summed E-state index contributed by atoms with van der Waals surface area (Å²) in [5.74, 6) is -1.21. The van der Waals surface area contributed by atoms with Gasteiger partial charge in [0.2, 0.25) is 0 Å². The van der Waals surface area contributed by atoms with Gasteiger partial charge in [0, 0.05) is 31.1 Å². The lowest BCUT2D eigenvalue weighted by Gasteiger charge is -2.07. The van der Waals surface area contributed by atoms with Crippen LogP contribution >= 0.6 is 0 Å². The zero-order chi connectivity index (χ0) is 13.0. The highest BCUT2D eigenvalue weighted by atomic mass is 19.1. The summed E-state index contributed by atoms with van der Waals surface area (Å²) in [5, 5.41) is 6.95. The van der Waals surface area contributed by atoms with Crippen molar-refractivity contribution in [2.45, 2.75) is 12.5 Å². The first-order valence-corrected chi connectivity index (χ1v) is 5.70. The largest absolute Gasteiger partial charge is 0.390 e. The second kappa shape index (κ2) is 5.73. The highest BCUT2D eigenvalue weighted by Gasteiger charge is 2.23. The fourth-order valence-corrected chi connectivity index (χ4v) is 1.77. The fourth-order valence-electron chi connectivity index (χ4n) is 1.77. The second-order valence-electron chi connectivity index (χ2n) is 4.04. The number of hydrogen-bond donors (Lipinski definition) is 1. The van der Waals surface area contributed by atoms with E-state index in [1.165, 1.54) is 12.1 Å². The van der Waals surface area contributed by atoms with Crippen molar-refractivity contribution in [3.8, 4) is 0 Å². The number of benzene rings is 1. The molecule has 1 N–H and O–H groups in total. The number of rotatable bonds is 5. The van der Waals surface area contributed by atoms with Crippen LogP contribution in [0.4, 0.5) is 8.78 Å². The summed E-state index contributed by atoms with van der Waals surface area (Å²) in [5.41, 5.74) is 0.806. The van der Waals surface area contributed by atoms with Crippen LogP contribution in [0.25, 0.3) is 0 Å². The first kappa shape index (κ1) is 12.7. The van der Waals surface area contributed by atoms with E-state index in [9.17, 15) is 8.78 Å². The first-order chi connectivity index (χ1) is 8.70. The Morgan fingerprint density at radius 3 is 3.06 bits per heavy atom. The van der Waals surface area contributed by atoms with Gasteiger partial charge in [-0.25, -0.2) is 8.78 Å². The molecule has 2 rings (SSSR count). The smallest absolute Gasteiger partial charge is 0.145 e. The van der Waals surface area contributed by atoms with E-state index in [1.807, 2.05) is 0 Å². The van der Waals surface area contributed by atoms with Gasteiger partial charge in [0.15, 0.2) is 0 Å². The summed E-state index contributed by atoms with van der Waals surface area (Å²) in [6.07, 6.45) is 2.13. The summed E-state index contributed by atoms with van der Waals surface area (Å²) in [6.45, 7) is 4.88. The van der Waals surface area contributed by atoms with E-state index in [2.05, 4.69) is 17.1 Å². The van der Waals surface area contributed by atoms with E-state index < -0.39 is 11.6 Å². The van der Waals surface area contributed by atoms with Crippen LogP contribution in [-0.4, -0.2) is 24.9 Å². The number of oxime groups is 1. The molecule has 0 radical (unpaired) electrons. The van der Waals surface area contributed by atoms with Crippen LogP contribution < -0.4 is 5.32 Å². The van der Waals surface area contributed by atoms with E-state index in [0.717, 1.165) is 6.07 Å². The Bertz CT molecular complexity index is 474. The van der Waals surface area contributed by atoms with Gasteiger partial charge in [0.05, 0.1) is 5.71 Å². The number of hydrogen-bond acceptors (Lipinski definition) is 3. The van der Waals surface area contributed by atoms with Crippen molar-refractivity contribution < 1.29 is 13.6 Å². The van der Waals surface area contributed by atoms with Crippen LogP contribution in [-0.2, 0) is 4.84 Å². The molecular formula is C13H14F2N2O. The molecule has 1 aliphatic heterocycles. The summed E-state index contributed by atoms with van der Waals surface area (Å²) in [6, 6.07) is 3.44. The molecule has 5 heteroatoms. The monoisotopic (exact) mass is 252 g/mol. The maximum Gasteiger partial charge on any atom is 0.145 e. The predicted octanol–water partition coefficient (Wildman–Crippen LogP) is 2.23. The molecule has 96 valence electrons.